The third kappa shape index (κ3) is 5.09. The van der Waals surface area contributed by atoms with E-state index in [1.54, 1.807) is 6.33 Å². The van der Waals surface area contributed by atoms with Crippen LogP contribution in [0.3, 0.4) is 0 Å². The molecule has 0 radical (unpaired) electrons. The maximum absolute atomic E-state index is 12.6. The zero-order chi connectivity index (χ0) is 19.4. The highest BCUT2D eigenvalue weighted by Gasteiger charge is 2.27. The third-order valence-electron chi connectivity index (χ3n) is 5.21. The Bertz CT molecular complexity index is 769. The molecule has 1 atom stereocenters. The van der Waals surface area contributed by atoms with Crippen LogP contribution >= 0.6 is 11.6 Å². The Morgan fingerprint density at radius 2 is 2.04 bits per heavy atom. The Labute approximate surface area is 165 Å². The summed E-state index contributed by atoms with van der Waals surface area (Å²) in [5, 5.41) is 3.39. The van der Waals surface area contributed by atoms with Gasteiger partial charge in [0.25, 0.3) is 0 Å². The number of nitrogens with one attached hydrogen (secondary N) is 2. The van der Waals surface area contributed by atoms with Crippen molar-refractivity contribution in [2.24, 2.45) is 11.8 Å². The summed E-state index contributed by atoms with van der Waals surface area (Å²) in [6.07, 6.45) is 6.62. The summed E-state index contributed by atoms with van der Waals surface area (Å²) in [4.78, 5) is 30.5. The van der Waals surface area contributed by atoms with Crippen LogP contribution in [-0.4, -0.2) is 45.0 Å². The molecule has 1 fully saturated rings. The number of anilines is 1. The number of amides is 1. The van der Waals surface area contributed by atoms with Gasteiger partial charge >= 0.3 is 0 Å². The van der Waals surface area contributed by atoms with Crippen molar-refractivity contribution < 1.29 is 4.79 Å². The van der Waals surface area contributed by atoms with Crippen LogP contribution in [0.1, 0.15) is 52.9 Å². The lowest BCUT2D eigenvalue weighted by molar-refractivity contribution is -0.126. The van der Waals surface area contributed by atoms with E-state index in [9.17, 15) is 4.79 Å². The van der Waals surface area contributed by atoms with Crippen molar-refractivity contribution >= 4 is 34.5 Å². The number of imidazole rings is 1. The van der Waals surface area contributed by atoms with Gasteiger partial charge in [0.15, 0.2) is 11.5 Å². The van der Waals surface area contributed by atoms with Crippen molar-refractivity contribution in [2.75, 3.05) is 18.0 Å². The number of carbonyl (C=O) groups excluding carboxylic acids is 1. The molecule has 0 spiro atoms. The van der Waals surface area contributed by atoms with E-state index in [1.807, 2.05) is 0 Å². The highest BCUT2D eigenvalue weighted by molar-refractivity contribution is 6.28. The van der Waals surface area contributed by atoms with E-state index in [0.717, 1.165) is 50.1 Å². The first kappa shape index (κ1) is 19.9. The number of aromatic amines is 1. The lowest BCUT2D eigenvalue weighted by Crippen LogP contribution is -2.43. The summed E-state index contributed by atoms with van der Waals surface area (Å²) < 4.78 is 0. The lowest BCUT2D eigenvalue weighted by atomic mass is 9.95. The number of fused-ring (bicyclic) bond motifs is 1. The predicted molar refractivity (Wildman–Crippen MR) is 108 cm³/mol. The number of rotatable bonds is 7. The highest BCUT2D eigenvalue weighted by Crippen LogP contribution is 2.27. The summed E-state index contributed by atoms with van der Waals surface area (Å²) in [6, 6.07) is 0.236. The fourth-order valence-corrected chi connectivity index (χ4v) is 3.80. The van der Waals surface area contributed by atoms with Gasteiger partial charge in [-0.2, -0.15) is 9.97 Å². The Balaban J connectivity index is 1.52. The summed E-state index contributed by atoms with van der Waals surface area (Å²) in [5.41, 5.74) is 1.36. The normalized spacial score (nSPS) is 16.9. The molecule has 8 heteroatoms. The molecule has 2 N–H and O–H groups in total. The average molecular weight is 393 g/mol. The van der Waals surface area contributed by atoms with E-state index in [0.29, 0.717) is 11.6 Å². The summed E-state index contributed by atoms with van der Waals surface area (Å²) in [6.45, 7) is 8.10. The fraction of sp³-hybridized carbons (Fsp3) is 0.684. The van der Waals surface area contributed by atoms with E-state index in [2.05, 4.69) is 50.9 Å². The van der Waals surface area contributed by atoms with Crippen LogP contribution in [0.25, 0.3) is 11.2 Å². The van der Waals surface area contributed by atoms with Gasteiger partial charge in [-0.1, -0.05) is 26.7 Å². The predicted octanol–water partition coefficient (Wildman–Crippen LogP) is 3.55. The second-order valence-corrected chi connectivity index (χ2v) is 8.25. The van der Waals surface area contributed by atoms with Gasteiger partial charge in [0, 0.05) is 25.0 Å². The van der Waals surface area contributed by atoms with Crippen LogP contribution in [0.4, 0.5) is 5.82 Å². The van der Waals surface area contributed by atoms with Crippen molar-refractivity contribution in [1.29, 1.82) is 0 Å². The van der Waals surface area contributed by atoms with Gasteiger partial charge in [0.05, 0.1) is 6.33 Å². The van der Waals surface area contributed by atoms with E-state index >= 15 is 0 Å². The summed E-state index contributed by atoms with van der Waals surface area (Å²) >= 11 is 6.03. The number of carbonyl (C=O) groups is 1. The standard InChI is InChI=1S/C19H29ClN6O/c1-12(2)5-4-6-13(3)23-18(27)14-7-9-26(10-8-14)17-15-16(22-11-21-15)24-19(20)25-17/h11-14H,4-10H2,1-3H3,(H,23,27)(H,21,22,24,25). The van der Waals surface area contributed by atoms with E-state index in [4.69, 9.17) is 11.6 Å². The summed E-state index contributed by atoms with van der Waals surface area (Å²) in [7, 11) is 0. The molecular weight excluding hydrogens is 364 g/mol. The number of aromatic nitrogens is 4. The molecule has 1 saturated heterocycles. The van der Waals surface area contributed by atoms with Gasteiger partial charge in [0.2, 0.25) is 11.2 Å². The average Bonchev–Trinajstić information content (AvgIpc) is 3.09. The molecule has 2 aromatic heterocycles. The number of hydrogen-bond acceptors (Lipinski definition) is 5. The third-order valence-corrected chi connectivity index (χ3v) is 5.38. The molecule has 0 saturated carbocycles. The number of piperidine rings is 1. The quantitative estimate of drug-likeness (QED) is 0.703. The Kier molecular flexibility index (Phi) is 6.52. The molecule has 7 nitrogen and oxygen atoms in total. The van der Waals surface area contributed by atoms with Crippen LogP contribution < -0.4 is 10.2 Å². The number of nitrogens with zero attached hydrogens (tertiary/aromatic N) is 4. The van der Waals surface area contributed by atoms with Crippen molar-refractivity contribution in [1.82, 2.24) is 25.3 Å². The van der Waals surface area contributed by atoms with Crippen LogP contribution in [0.5, 0.6) is 0 Å². The first-order valence-electron chi connectivity index (χ1n) is 9.86. The lowest BCUT2D eigenvalue weighted by Gasteiger charge is -2.32. The van der Waals surface area contributed by atoms with Crippen LogP contribution in [-0.2, 0) is 4.79 Å². The second-order valence-electron chi connectivity index (χ2n) is 7.91. The molecule has 1 aliphatic heterocycles. The first-order chi connectivity index (χ1) is 12.9. The molecule has 3 rings (SSSR count). The zero-order valence-electron chi connectivity index (χ0n) is 16.3. The van der Waals surface area contributed by atoms with Gasteiger partial charge in [0.1, 0.15) is 5.52 Å². The molecule has 148 valence electrons. The molecule has 2 aromatic rings. The largest absolute Gasteiger partial charge is 0.355 e. The van der Waals surface area contributed by atoms with Gasteiger partial charge in [-0.3, -0.25) is 4.79 Å². The van der Waals surface area contributed by atoms with E-state index in [1.165, 1.54) is 6.42 Å². The van der Waals surface area contributed by atoms with Crippen molar-refractivity contribution in [3.8, 4) is 0 Å². The monoisotopic (exact) mass is 392 g/mol. The highest BCUT2D eigenvalue weighted by atomic mass is 35.5. The minimum Gasteiger partial charge on any atom is -0.355 e. The SMILES string of the molecule is CC(C)CCCC(C)NC(=O)C1CCN(c2nc(Cl)nc3nc[nH]c23)CC1. The molecule has 0 aliphatic carbocycles. The maximum Gasteiger partial charge on any atom is 0.226 e. The van der Waals surface area contributed by atoms with E-state index < -0.39 is 0 Å². The Hall–Kier alpha value is -1.89. The molecule has 0 bridgehead atoms. The van der Waals surface area contributed by atoms with Crippen LogP contribution in [0.15, 0.2) is 6.33 Å². The molecule has 3 heterocycles. The Morgan fingerprint density at radius 1 is 1.30 bits per heavy atom. The summed E-state index contributed by atoms with van der Waals surface area (Å²) in [5.74, 6) is 1.72. The maximum atomic E-state index is 12.6. The van der Waals surface area contributed by atoms with Gasteiger partial charge in [-0.15, -0.1) is 0 Å². The van der Waals surface area contributed by atoms with Crippen molar-refractivity contribution in [2.45, 2.75) is 58.9 Å². The van der Waals surface area contributed by atoms with Crippen molar-refractivity contribution in [3.63, 3.8) is 0 Å². The topological polar surface area (TPSA) is 86.8 Å². The number of H-pyrrole nitrogens is 1. The minimum absolute atomic E-state index is 0.0587. The van der Waals surface area contributed by atoms with Crippen LogP contribution in [0, 0.1) is 11.8 Å². The van der Waals surface area contributed by atoms with Crippen molar-refractivity contribution in [3.05, 3.63) is 11.6 Å². The minimum atomic E-state index is 0.0587. The van der Waals surface area contributed by atoms with Gasteiger partial charge in [-0.25, -0.2) is 4.98 Å². The van der Waals surface area contributed by atoms with Gasteiger partial charge < -0.3 is 15.2 Å². The number of halogens is 1. The van der Waals surface area contributed by atoms with Gasteiger partial charge in [-0.05, 0) is 43.7 Å². The molecule has 27 heavy (non-hydrogen) atoms. The molecular formula is C19H29ClN6O. The molecule has 1 aliphatic rings. The first-order valence-corrected chi connectivity index (χ1v) is 10.2. The molecule has 0 aromatic carbocycles. The Morgan fingerprint density at radius 3 is 2.74 bits per heavy atom. The second kappa shape index (κ2) is 8.87. The molecule has 1 unspecified atom stereocenters. The zero-order valence-corrected chi connectivity index (χ0v) is 17.1. The smallest absolute Gasteiger partial charge is 0.226 e. The molecule has 1 amide bonds. The fourth-order valence-electron chi connectivity index (χ4n) is 3.64. The van der Waals surface area contributed by atoms with E-state index in [-0.39, 0.29) is 23.2 Å². The van der Waals surface area contributed by atoms with Crippen LogP contribution in [0.2, 0.25) is 5.28 Å². The number of hydrogen-bond donors (Lipinski definition) is 2.